The molecule has 1 amide bonds. The Kier molecular flexibility index (Phi) is 6.66. The first-order valence-corrected chi connectivity index (χ1v) is 7.97. The lowest BCUT2D eigenvalue weighted by molar-refractivity contribution is -0.122. The number of hydrogen-bond donors (Lipinski definition) is 0. The number of anilines is 1. The van der Waals surface area contributed by atoms with Crippen LogP contribution in [-0.2, 0) is 9.53 Å². The summed E-state index contributed by atoms with van der Waals surface area (Å²) in [5.41, 5.74) is 0.711. The largest absolute Gasteiger partial charge is 0.452 e. The van der Waals surface area contributed by atoms with Crippen LogP contribution in [0.4, 0.5) is 14.5 Å². The maximum atomic E-state index is 12.5. The molecule has 0 atom stereocenters. The standard InChI is InChI=1S/C19H19F2NO4/c1-13(2)22(15-8-4-3-5-9-15)17(23)12-25-18(24)14-7-6-10-16(11-14)26-19(20)21/h3-11,13,19H,12H2,1-2H3. The quantitative estimate of drug-likeness (QED) is 0.701. The maximum absolute atomic E-state index is 12.5. The van der Waals surface area contributed by atoms with Crippen molar-refractivity contribution in [1.29, 1.82) is 0 Å². The molecular weight excluding hydrogens is 344 g/mol. The summed E-state index contributed by atoms with van der Waals surface area (Å²) in [6.07, 6.45) is 0. The van der Waals surface area contributed by atoms with Crippen LogP contribution < -0.4 is 9.64 Å². The molecule has 0 saturated heterocycles. The third-order valence-electron chi connectivity index (χ3n) is 3.44. The smallest absolute Gasteiger partial charge is 0.387 e. The molecule has 0 radical (unpaired) electrons. The highest BCUT2D eigenvalue weighted by molar-refractivity contribution is 5.97. The van der Waals surface area contributed by atoms with Crippen LogP contribution in [0.2, 0.25) is 0 Å². The fourth-order valence-corrected chi connectivity index (χ4v) is 2.40. The summed E-state index contributed by atoms with van der Waals surface area (Å²) in [6, 6.07) is 14.1. The lowest BCUT2D eigenvalue weighted by atomic mass is 10.2. The molecule has 0 aliphatic heterocycles. The minimum Gasteiger partial charge on any atom is -0.452 e. The van der Waals surface area contributed by atoms with Gasteiger partial charge in [0.05, 0.1) is 5.56 Å². The van der Waals surface area contributed by atoms with Gasteiger partial charge in [-0.2, -0.15) is 8.78 Å². The van der Waals surface area contributed by atoms with Crippen molar-refractivity contribution < 1.29 is 27.8 Å². The van der Waals surface area contributed by atoms with Gasteiger partial charge in [0.2, 0.25) is 0 Å². The summed E-state index contributed by atoms with van der Waals surface area (Å²) in [5, 5.41) is 0. The Morgan fingerprint density at radius 2 is 1.73 bits per heavy atom. The monoisotopic (exact) mass is 363 g/mol. The van der Waals surface area contributed by atoms with Crippen molar-refractivity contribution in [3.8, 4) is 5.75 Å². The predicted octanol–water partition coefficient (Wildman–Crippen LogP) is 3.89. The third-order valence-corrected chi connectivity index (χ3v) is 3.44. The fourth-order valence-electron chi connectivity index (χ4n) is 2.40. The Bertz CT molecular complexity index is 750. The van der Waals surface area contributed by atoms with Gasteiger partial charge in [0.25, 0.3) is 5.91 Å². The number of rotatable bonds is 7. The molecule has 0 spiro atoms. The second kappa shape index (κ2) is 8.94. The first kappa shape index (κ1) is 19.4. The minimum atomic E-state index is -2.99. The first-order chi connectivity index (χ1) is 12.4. The van der Waals surface area contributed by atoms with Crippen LogP contribution >= 0.6 is 0 Å². The average molecular weight is 363 g/mol. The number of carbonyl (C=O) groups excluding carboxylic acids is 2. The highest BCUT2D eigenvalue weighted by atomic mass is 19.3. The molecule has 26 heavy (non-hydrogen) atoms. The SMILES string of the molecule is CC(C)N(C(=O)COC(=O)c1cccc(OC(F)F)c1)c1ccccc1. The molecule has 0 fully saturated rings. The van der Waals surface area contributed by atoms with Crippen molar-refractivity contribution in [3.05, 3.63) is 60.2 Å². The van der Waals surface area contributed by atoms with Crippen molar-refractivity contribution in [1.82, 2.24) is 0 Å². The highest BCUT2D eigenvalue weighted by Crippen LogP contribution is 2.18. The van der Waals surface area contributed by atoms with E-state index in [1.165, 1.54) is 23.1 Å². The number of esters is 1. The van der Waals surface area contributed by atoms with Crippen molar-refractivity contribution in [2.24, 2.45) is 0 Å². The number of carbonyl (C=O) groups is 2. The van der Waals surface area contributed by atoms with Crippen LogP contribution in [0.15, 0.2) is 54.6 Å². The Balaban J connectivity index is 2.02. The van der Waals surface area contributed by atoms with E-state index in [9.17, 15) is 18.4 Å². The second-order valence-corrected chi connectivity index (χ2v) is 5.68. The number of benzene rings is 2. The molecular formula is C19H19F2NO4. The maximum Gasteiger partial charge on any atom is 0.387 e. The zero-order valence-electron chi connectivity index (χ0n) is 14.4. The van der Waals surface area contributed by atoms with Crippen LogP contribution in [0, 0.1) is 0 Å². The fraction of sp³-hybridized carbons (Fsp3) is 0.263. The van der Waals surface area contributed by atoms with Gasteiger partial charge in [-0.3, -0.25) is 4.79 Å². The summed E-state index contributed by atoms with van der Waals surface area (Å²) >= 11 is 0. The third kappa shape index (κ3) is 5.27. The number of amides is 1. The van der Waals surface area contributed by atoms with Crippen LogP contribution in [0.3, 0.4) is 0 Å². The Labute approximate surface area is 150 Å². The van der Waals surface area contributed by atoms with Gasteiger partial charge in [0.1, 0.15) is 5.75 Å². The molecule has 0 bridgehead atoms. The normalized spacial score (nSPS) is 10.7. The van der Waals surface area contributed by atoms with Gasteiger partial charge >= 0.3 is 12.6 Å². The summed E-state index contributed by atoms with van der Waals surface area (Å²) < 4.78 is 33.8. The van der Waals surface area contributed by atoms with Crippen molar-refractivity contribution in [2.45, 2.75) is 26.5 Å². The number of hydrogen-bond acceptors (Lipinski definition) is 4. The Morgan fingerprint density at radius 3 is 2.35 bits per heavy atom. The molecule has 2 aromatic carbocycles. The van der Waals surface area contributed by atoms with Crippen molar-refractivity contribution >= 4 is 17.6 Å². The van der Waals surface area contributed by atoms with Crippen LogP contribution in [0.5, 0.6) is 5.75 Å². The molecule has 0 saturated carbocycles. The van der Waals surface area contributed by atoms with Gasteiger partial charge < -0.3 is 14.4 Å². The van der Waals surface area contributed by atoms with Gasteiger partial charge in [-0.25, -0.2) is 4.79 Å². The number of ether oxygens (including phenoxy) is 2. The van der Waals surface area contributed by atoms with E-state index in [0.29, 0.717) is 5.69 Å². The molecule has 138 valence electrons. The highest BCUT2D eigenvalue weighted by Gasteiger charge is 2.21. The van der Waals surface area contributed by atoms with Gasteiger partial charge in [0, 0.05) is 11.7 Å². The number of alkyl halides is 2. The summed E-state index contributed by atoms with van der Waals surface area (Å²) in [4.78, 5) is 26.1. The van der Waals surface area contributed by atoms with Crippen LogP contribution in [0.1, 0.15) is 24.2 Å². The average Bonchev–Trinajstić information content (AvgIpc) is 2.60. The molecule has 0 N–H and O–H groups in total. The van der Waals surface area contributed by atoms with Crippen LogP contribution in [0.25, 0.3) is 0 Å². The molecule has 0 heterocycles. The molecule has 2 aromatic rings. The zero-order chi connectivity index (χ0) is 19.1. The molecule has 0 aromatic heterocycles. The number of para-hydroxylation sites is 1. The van der Waals surface area contributed by atoms with Gasteiger partial charge in [-0.05, 0) is 44.2 Å². The number of halogens is 2. The van der Waals surface area contributed by atoms with E-state index >= 15 is 0 Å². The number of nitrogens with zero attached hydrogens (tertiary/aromatic N) is 1. The lowest BCUT2D eigenvalue weighted by Gasteiger charge is -2.26. The van der Waals surface area contributed by atoms with Gasteiger partial charge in [0.15, 0.2) is 6.61 Å². The van der Waals surface area contributed by atoms with E-state index in [1.807, 2.05) is 19.9 Å². The minimum absolute atomic E-state index is 0.0201. The van der Waals surface area contributed by atoms with E-state index in [0.717, 1.165) is 6.07 Å². The Hall–Kier alpha value is -2.96. The van der Waals surface area contributed by atoms with E-state index in [-0.39, 0.29) is 23.3 Å². The first-order valence-electron chi connectivity index (χ1n) is 7.97. The summed E-state index contributed by atoms with van der Waals surface area (Å²) in [6.45, 7) is 0.232. The van der Waals surface area contributed by atoms with Crippen LogP contribution in [-0.4, -0.2) is 31.1 Å². The van der Waals surface area contributed by atoms with Gasteiger partial charge in [-0.1, -0.05) is 24.3 Å². The molecule has 0 aliphatic rings. The van der Waals surface area contributed by atoms with E-state index < -0.39 is 19.2 Å². The van der Waals surface area contributed by atoms with E-state index in [1.54, 1.807) is 24.3 Å². The van der Waals surface area contributed by atoms with E-state index in [4.69, 9.17) is 4.74 Å². The molecule has 0 unspecified atom stereocenters. The van der Waals surface area contributed by atoms with E-state index in [2.05, 4.69) is 4.74 Å². The van der Waals surface area contributed by atoms with Gasteiger partial charge in [-0.15, -0.1) is 0 Å². The molecule has 2 rings (SSSR count). The van der Waals surface area contributed by atoms with Crippen molar-refractivity contribution in [3.63, 3.8) is 0 Å². The summed E-state index contributed by atoms with van der Waals surface area (Å²) in [5.74, 6) is -1.34. The topological polar surface area (TPSA) is 55.8 Å². The predicted molar refractivity (Wildman–Crippen MR) is 92.4 cm³/mol. The molecule has 5 nitrogen and oxygen atoms in total. The molecule has 0 aliphatic carbocycles. The lowest BCUT2D eigenvalue weighted by Crippen LogP contribution is -2.39. The molecule has 7 heteroatoms. The second-order valence-electron chi connectivity index (χ2n) is 5.68. The summed E-state index contributed by atoms with van der Waals surface area (Å²) in [7, 11) is 0. The van der Waals surface area contributed by atoms with Crippen molar-refractivity contribution in [2.75, 3.05) is 11.5 Å². The Morgan fingerprint density at radius 1 is 1.04 bits per heavy atom. The zero-order valence-corrected chi connectivity index (χ0v) is 14.4.